The van der Waals surface area contributed by atoms with E-state index in [2.05, 4.69) is 20.1 Å². The molecule has 1 aromatic carbocycles. The van der Waals surface area contributed by atoms with Crippen molar-refractivity contribution in [2.24, 2.45) is 0 Å². The van der Waals surface area contributed by atoms with Crippen LogP contribution in [0.2, 0.25) is 0 Å². The van der Waals surface area contributed by atoms with Gasteiger partial charge in [-0.3, -0.25) is 4.79 Å². The second-order valence-electron chi connectivity index (χ2n) is 6.91. The van der Waals surface area contributed by atoms with E-state index < -0.39 is 0 Å². The third-order valence-electron chi connectivity index (χ3n) is 4.76. The van der Waals surface area contributed by atoms with Crippen LogP contribution in [0, 0.1) is 0 Å². The molecule has 1 amide bonds. The van der Waals surface area contributed by atoms with Crippen LogP contribution in [0.4, 0.5) is 0 Å². The van der Waals surface area contributed by atoms with Crippen LogP contribution in [0.15, 0.2) is 35.5 Å². The van der Waals surface area contributed by atoms with E-state index in [-0.39, 0.29) is 12.0 Å². The van der Waals surface area contributed by atoms with Gasteiger partial charge in [-0.05, 0) is 31.2 Å². The third kappa shape index (κ3) is 4.45. The maximum Gasteiger partial charge on any atom is 0.230 e. The summed E-state index contributed by atoms with van der Waals surface area (Å²) in [5.74, 6) is 1.96. The van der Waals surface area contributed by atoms with Crippen LogP contribution in [-0.2, 0) is 22.6 Å². The number of rotatable bonds is 8. The number of nitrogens with one attached hydrogen (secondary N) is 1. The average molecular weight is 372 g/mol. The Kier molecular flexibility index (Phi) is 5.55. The molecule has 2 heterocycles. The van der Waals surface area contributed by atoms with Crippen LogP contribution >= 0.6 is 11.8 Å². The first-order chi connectivity index (χ1) is 12.8. The van der Waals surface area contributed by atoms with Gasteiger partial charge in [-0.1, -0.05) is 42.1 Å². The molecule has 138 valence electrons. The third-order valence-corrected chi connectivity index (χ3v) is 5.73. The molecule has 2 aromatic rings. The first kappa shape index (κ1) is 17.5. The second kappa shape index (κ2) is 8.22. The van der Waals surface area contributed by atoms with Crippen molar-refractivity contribution in [1.82, 2.24) is 20.1 Å². The van der Waals surface area contributed by atoms with Crippen molar-refractivity contribution in [3.63, 3.8) is 0 Å². The Hall–Kier alpha value is -1.86. The number of carbonyl (C=O) groups excluding carboxylic acids is 1. The zero-order valence-corrected chi connectivity index (χ0v) is 15.6. The Morgan fingerprint density at radius 2 is 2.08 bits per heavy atom. The van der Waals surface area contributed by atoms with Gasteiger partial charge in [0.25, 0.3) is 0 Å². The number of hydrogen-bond acceptors (Lipinski definition) is 5. The lowest BCUT2D eigenvalue weighted by Crippen LogP contribution is -2.25. The molecule has 4 rings (SSSR count). The monoisotopic (exact) mass is 372 g/mol. The minimum absolute atomic E-state index is 0.0125. The predicted octanol–water partition coefficient (Wildman–Crippen LogP) is 2.74. The van der Waals surface area contributed by atoms with Crippen molar-refractivity contribution in [1.29, 1.82) is 0 Å². The number of benzene rings is 1. The predicted molar refractivity (Wildman–Crippen MR) is 100.0 cm³/mol. The van der Waals surface area contributed by atoms with E-state index in [4.69, 9.17) is 4.74 Å². The van der Waals surface area contributed by atoms with Gasteiger partial charge in [0.05, 0.1) is 18.4 Å². The molecule has 1 aliphatic heterocycles. The van der Waals surface area contributed by atoms with Crippen molar-refractivity contribution in [2.45, 2.75) is 56.0 Å². The number of aromatic nitrogens is 3. The van der Waals surface area contributed by atoms with Crippen molar-refractivity contribution >= 4 is 17.7 Å². The van der Waals surface area contributed by atoms with Gasteiger partial charge in [0.2, 0.25) is 5.91 Å². The summed E-state index contributed by atoms with van der Waals surface area (Å²) in [7, 11) is 0. The van der Waals surface area contributed by atoms with Gasteiger partial charge in [0.15, 0.2) is 5.16 Å². The maximum atomic E-state index is 12.2. The van der Waals surface area contributed by atoms with Crippen molar-refractivity contribution in [2.75, 3.05) is 12.4 Å². The zero-order valence-electron chi connectivity index (χ0n) is 14.8. The highest BCUT2D eigenvalue weighted by molar-refractivity contribution is 7.99. The fourth-order valence-electron chi connectivity index (χ4n) is 3.19. The lowest BCUT2D eigenvalue weighted by molar-refractivity contribution is -0.118. The van der Waals surface area contributed by atoms with E-state index in [0.717, 1.165) is 42.5 Å². The summed E-state index contributed by atoms with van der Waals surface area (Å²) in [5.41, 5.74) is 1.10. The minimum atomic E-state index is 0.0125. The summed E-state index contributed by atoms with van der Waals surface area (Å²) >= 11 is 1.46. The number of thioether (sulfide) groups is 1. The van der Waals surface area contributed by atoms with Gasteiger partial charge in [-0.15, -0.1) is 10.2 Å². The van der Waals surface area contributed by atoms with Gasteiger partial charge >= 0.3 is 0 Å². The topological polar surface area (TPSA) is 69.0 Å². The number of hydrogen-bond donors (Lipinski definition) is 1. The number of nitrogens with zero attached hydrogens (tertiary/aromatic N) is 3. The fourth-order valence-corrected chi connectivity index (χ4v) is 3.98. The normalized spacial score (nSPS) is 19.6. The highest BCUT2D eigenvalue weighted by Gasteiger charge is 2.31. The molecule has 26 heavy (non-hydrogen) atoms. The standard InChI is InChI=1S/C19H24N4O2S/c24-17(20-11-14-5-2-1-3-6-14)13-26-19-22-21-18(15-8-9-15)23(19)12-16-7-4-10-25-16/h1-3,5-6,15-16H,4,7-13H2,(H,20,24). The van der Waals surface area contributed by atoms with E-state index in [1.165, 1.54) is 24.6 Å². The molecule has 7 heteroatoms. The number of amides is 1. The molecule has 2 fully saturated rings. The molecule has 0 radical (unpaired) electrons. The van der Waals surface area contributed by atoms with Gasteiger partial charge in [-0.25, -0.2) is 0 Å². The van der Waals surface area contributed by atoms with Crippen LogP contribution in [0.5, 0.6) is 0 Å². The largest absolute Gasteiger partial charge is 0.376 e. The van der Waals surface area contributed by atoms with Crippen LogP contribution in [-0.4, -0.2) is 39.1 Å². The van der Waals surface area contributed by atoms with E-state index >= 15 is 0 Å². The molecule has 6 nitrogen and oxygen atoms in total. The average Bonchev–Trinajstić information content (AvgIpc) is 3.23. The lowest BCUT2D eigenvalue weighted by atomic mass is 10.2. The SMILES string of the molecule is O=C(CSc1nnc(C2CC2)n1CC1CCCO1)NCc1ccccc1. The summed E-state index contributed by atoms with van der Waals surface area (Å²) in [6, 6.07) is 9.94. The minimum Gasteiger partial charge on any atom is -0.376 e. The lowest BCUT2D eigenvalue weighted by Gasteiger charge is -2.14. The molecule has 1 atom stereocenters. The Bertz CT molecular complexity index is 739. The maximum absolute atomic E-state index is 12.2. The highest BCUT2D eigenvalue weighted by atomic mass is 32.2. The Morgan fingerprint density at radius 1 is 1.23 bits per heavy atom. The van der Waals surface area contributed by atoms with Crippen molar-refractivity contribution in [3.05, 3.63) is 41.7 Å². The quantitative estimate of drug-likeness (QED) is 0.722. The van der Waals surface area contributed by atoms with E-state index in [1.54, 1.807) is 0 Å². The molecule has 1 saturated heterocycles. The Labute approximate surface area is 157 Å². The number of carbonyl (C=O) groups is 1. The molecule has 1 aromatic heterocycles. The fraction of sp³-hybridized carbons (Fsp3) is 0.526. The first-order valence-electron chi connectivity index (χ1n) is 9.27. The summed E-state index contributed by atoms with van der Waals surface area (Å²) < 4.78 is 7.97. The zero-order chi connectivity index (χ0) is 17.8. The molecule has 2 aliphatic rings. The van der Waals surface area contributed by atoms with Crippen LogP contribution < -0.4 is 5.32 Å². The molecular weight excluding hydrogens is 348 g/mol. The van der Waals surface area contributed by atoms with Gasteiger partial charge in [0.1, 0.15) is 5.82 Å². The van der Waals surface area contributed by atoms with E-state index in [0.29, 0.717) is 18.2 Å². The van der Waals surface area contributed by atoms with Gasteiger partial charge < -0.3 is 14.6 Å². The molecule has 0 spiro atoms. The Balaban J connectivity index is 1.34. The molecule has 1 unspecified atom stereocenters. The van der Waals surface area contributed by atoms with E-state index in [1.807, 2.05) is 30.3 Å². The van der Waals surface area contributed by atoms with Crippen LogP contribution in [0.1, 0.15) is 43.0 Å². The second-order valence-corrected chi connectivity index (χ2v) is 7.85. The molecule has 1 aliphatic carbocycles. The van der Waals surface area contributed by atoms with Crippen molar-refractivity contribution < 1.29 is 9.53 Å². The Morgan fingerprint density at radius 3 is 2.81 bits per heavy atom. The first-order valence-corrected chi connectivity index (χ1v) is 10.3. The van der Waals surface area contributed by atoms with Crippen LogP contribution in [0.3, 0.4) is 0 Å². The summed E-state index contributed by atoms with van der Waals surface area (Å²) in [4.78, 5) is 12.2. The summed E-state index contributed by atoms with van der Waals surface area (Å²) in [6.07, 6.45) is 4.83. The van der Waals surface area contributed by atoms with Crippen LogP contribution in [0.25, 0.3) is 0 Å². The van der Waals surface area contributed by atoms with Gasteiger partial charge in [0, 0.05) is 19.1 Å². The molecule has 0 bridgehead atoms. The number of ether oxygens (including phenoxy) is 1. The summed E-state index contributed by atoms with van der Waals surface area (Å²) in [5, 5.41) is 12.5. The highest BCUT2D eigenvalue weighted by Crippen LogP contribution is 2.40. The molecule has 1 saturated carbocycles. The van der Waals surface area contributed by atoms with Gasteiger partial charge in [-0.2, -0.15) is 0 Å². The van der Waals surface area contributed by atoms with Crippen molar-refractivity contribution in [3.8, 4) is 0 Å². The molecular formula is C19H24N4O2S. The smallest absolute Gasteiger partial charge is 0.230 e. The van der Waals surface area contributed by atoms with E-state index in [9.17, 15) is 4.79 Å². The molecule has 1 N–H and O–H groups in total. The summed E-state index contributed by atoms with van der Waals surface area (Å²) in [6.45, 7) is 2.19.